The van der Waals surface area contributed by atoms with E-state index in [4.69, 9.17) is 25.8 Å². The third kappa shape index (κ3) is 2.92. The number of methoxy groups -OCH3 is 2. The van der Waals surface area contributed by atoms with E-state index in [1.54, 1.807) is 14.2 Å². The second-order valence-electron chi connectivity index (χ2n) is 4.15. The van der Waals surface area contributed by atoms with Gasteiger partial charge in [-0.05, 0) is 24.1 Å². The second-order valence-corrected chi connectivity index (χ2v) is 4.71. The summed E-state index contributed by atoms with van der Waals surface area (Å²) in [7, 11) is 3.33. The van der Waals surface area contributed by atoms with Crippen molar-refractivity contribution in [1.29, 1.82) is 0 Å². The molecule has 0 spiro atoms. The van der Waals surface area contributed by atoms with Crippen LogP contribution in [0.25, 0.3) is 0 Å². The topological polar surface area (TPSA) is 27.7 Å². The molecule has 94 valence electrons. The molecular weight excluding hydrogens is 240 g/mol. The number of hydrogen-bond acceptors (Lipinski definition) is 3. The van der Waals surface area contributed by atoms with Crippen molar-refractivity contribution in [3.8, 4) is 5.75 Å². The molecular formula is C13H17ClO3. The second kappa shape index (κ2) is 5.71. The zero-order valence-electron chi connectivity index (χ0n) is 10.1. The lowest BCUT2D eigenvalue weighted by molar-refractivity contribution is -0.116. The molecule has 0 radical (unpaired) electrons. The van der Waals surface area contributed by atoms with Gasteiger partial charge in [0.2, 0.25) is 0 Å². The SMILES string of the molecule is COc1cccc(COC2CC(Cl)C2OC)c1. The first-order valence-electron chi connectivity index (χ1n) is 5.66. The van der Waals surface area contributed by atoms with E-state index in [9.17, 15) is 0 Å². The fourth-order valence-corrected chi connectivity index (χ4v) is 2.40. The predicted molar refractivity (Wildman–Crippen MR) is 66.6 cm³/mol. The Hall–Kier alpha value is -0.770. The number of halogens is 1. The zero-order valence-corrected chi connectivity index (χ0v) is 10.8. The van der Waals surface area contributed by atoms with Gasteiger partial charge >= 0.3 is 0 Å². The third-order valence-corrected chi connectivity index (χ3v) is 3.48. The Morgan fingerprint density at radius 1 is 1.35 bits per heavy atom. The lowest BCUT2D eigenvalue weighted by Crippen LogP contribution is -2.50. The van der Waals surface area contributed by atoms with Crippen molar-refractivity contribution in [3.63, 3.8) is 0 Å². The minimum atomic E-state index is 0.0160. The first-order valence-corrected chi connectivity index (χ1v) is 6.09. The minimum absolute atomic E-state index is 0.0160. The Balaban J connectivity index is 1.85. The highest BCUT2D eigenvalue weighted by molar-refractivity contribution is 6.21. The van der Waals surface area contributed by atoms with E-state index >= 15 is 0 Å². The summed E-state index contributed by atoms with van der Waals surface area (Å²) in [5.74, 6) is 0.846. The number of alkyl halides is 1. The van der Waals surface area contributed by atoms with Crippen LogP contribution in [-0.4, -0.2) is 31.8 Å². The van der Waals surface area contributed by atoms with Crippen molar-refractivity contribution in [2.75, 3.05) is 14.2 Å². The molecule has 1 aromatic rings. The number of ether oxygens (including phenoxy) is 3. The molecule has 1 aromatic carbocycles. The summed E-state index contributed by atoms with van der Waals surface area (Å²) in [5.41, 5.74) is 1.09. The van der Waals surface area contributed by atoms with E-state index in [1.807, 2.05) is 24.3 Å². The van der Waals surface area contributed by atoms with E-state index in [2.05, 4.69) is 0 Å². The fourth-order valence-electron chi connectivity index (χ4n) is 1.96. The summed E-state index contributed by atoms with van der Waals surface area (Å²) in [4.78, 5) is 0. The molecule has 1 fully saturated rings. The molecule has 3 unspecified atom stereocenters. The van der Waals surface area contributed by atoms with Gasteiger partial charge in [0.1, 0.15) is 5.75 Å². The summed E-state index contributed by atoms with van der Waals surface area (Å²) in [6.45, 7) is 0.561. The van der Waals surface area contributed by atoms with Gasteiger partial charge in [-0.3, -0.25) is 0 Å². The van der Waals surface area contributed by atoms with Gasteiger partial charge < -0.3 is 14.2 Å². The molecule has 0 aliphatic heterocycles. The van der Waals surface area contributed by atoms with Gasteiger partial charge in [0.15, 0.2) is 0 Å². The molecule has 0 heterocycles. The molecule has 3 nitrogen and oxygen atoms in total. The van der Waals surface area contributed by atoms with Crippen molar-refractivity contribution in [3.05, 3.63) is 29.8 Å². The summed E-state index contributed by atoms with van der Waals surface area (Å²) in [6.07, 6.45) is 0.972. The molecule has 3 atom stereocenters. The average Bonchev–Trinajstić information content (AvgIpc) is 2.35. The Morgan fingerprint density at radius 3 is 2.82 bits per heavy atom. The molecule has 0 bridgehead atoms. The Bertz CT molecular complexity index is 369. The van der Waals surface area contributed by atoms with Gasteiger partial charge in [0, 0.05) is 7.11 Å². The van der Waals surface area contributed by atoms with Gasteiger partial charge in [-0.2, -0.15) is 0 Å². The van der Waals surface area contributed by atoms with Crippen LogP contribution in [0.1, 0.15) is 12.0 Å². The lowest BCUT2D eigenvalue weighted by atomic mass is 9.91. The summed E-state index contributed by atoms with van der Waals surface area (Å²) in [5, 5.41) is 0.0790. The van der Waals surface area contributed by atoms with Gasteiger partial charge in [0.25, 0.3) is 0 Å². The van der Waals surface area contributed by atoms with Crippen LogP contribution in [0.3, 0.4) is 0 Å². The number of rotatable bonds is 5. The van der Waals surface area contributed by atoms with Crippen molar-refractivity contribution in [2.45, 2.75) is 30.6 Å². The van der Waals surface area contributed by atoms with Crippen LogP contribution in [0.5, 0.6) is 5.75 Å². The van der Waals surface area contributed by atoms with Crippen LogP contribution in [0, 0.1) is 0 Å². The van der Waals surface area contributed by atoms with Gasteiger partial charge in [0.05, 0.1) is 31.3 Å². The molecule has 0 aromatic heterocycles. The average molecular weight is 257 g/mol. The van der Waals surface area contributed by atoms with Crippen LogP contribution >= 0.6 is 11.6 Å². The van der Waals surface area contributed by atoms with Crippen molar-refractivity contribution < 1.29 is 14.2 Å². The van der Waals surface area contributed by atoms with Crippen LogP contribution in [0.15, 0.2) is 24.3 Å². The maximum atomic E-state index is 6.01. The monoisotopic (exact) mass is 256 g/mol. The first kappa shape index (κ1) is 12.7. The van der Waals surface area contributed by atoms with Gasteiger partial charge in [-0.25, -0.2) is 0 Å². The summed E-state index contributed by atoms with van der Waals surface area (Å²) < 4.78 is 16.2. The summed E-state index contributed by atoms with van der Waals surface area (Å²) in [6, 6.07) is 7.86. The quantitative estimate of drug-likeness (QED) is 0.758. The van der Waals surface area contributed by atoms with Gasteiger partial charge in [-0.15, -0.1) is 11.6 Å². The van der Waals surface area contributed by atoms with Crippen LogP contribution in [0.4, 0.5) is 0 Å². The van der Waals surface area contributed by atoms with E-state index in [-0.39, 0.29) is 17.6 Å². The van der Waals surface area contributed by atoms with E-state index in [0.717, 1.165) is 17.7 Å². The lowest BCUT2D eigenvalue weighted by Gasteiger charge is -2.39. The predicted octanol–water partition coefficient (Wildman–Crippen LogP) is 2.61. The normalized spacial score (nSPS) is 27.6. The maximum absolute atomic E-state index is 6.01. The standard InChI is InChI=1S/C13H17ClO3/c1-15-10-5-3-4-9(6-10)8-17-12-7-11(14)13(12)16-2/h3-6,11-13H,7-8H2,1-2H3. The molecule has 4 heteroatoms. The molecule has 0 N–H and O–H groups in total. The molecule has 1 aliphatic carbocycles. The highest BCUT2D eigenvalue weighted by atomic mass is 35.5. The largest absolute Gasteiger partial charge is 0.497 e. The summed E-state index contributed by atoms with van der Waals surface area (Å²) >= 11 is 6.01. The van der Waals surface area contributed by atoms with Gasteiger partial charge in [-0.1, -0.05) is 12.1 Å². The molecule has 2 rings (SSSR count). The molecule has 0 saturated heterocycles. The Labute approximate surface area is 107 Å². The molecule has 1 saturated carbocycles. The molecule has 17 heavy (non-hydrogen) atoms. The van der Waals surface area contributed by atoms with E-state index in [1.165, 1.54) is 0 Å². The maximum Gasteiger partial charge on any atom is 0.119 e. The van der Waals surface area contributed by atoms with Crippen LogP contribution in [-0.2, 0) is 16.1 Å². The number of benzene rings is 1. The minimum Gasteiger partial charge on any atom is -0.497 e. The zero-order chi connectivity index (χ0) is 12.3. The highest BCUT2D eigenvalue weighted by Crippen LogP contribution is 2.32. The third-order valence-electron chi connectivity index (χ3n) is 3.05. The Kier molecular flexibility index (Phi) is 4.26. The van der Waals surface area contributed by atoms with Crippen molar-refractivity contribution >= 4 is 11.6 Å². The fraction of sp³-hybridized carbons (Fsp3) is 0.538. The van der Waals surface area contributed by atoms with Crippen LogP contribution in [0.2, 0.25) is 0 Å². The van der Waals surface area contributed by atoms with Crippen LogP contribution < -0.4 is 4.74 Å². The Morgan fingerprint density at radius 2 is 2.18 bits per heavy atom. The first-order chi connectivity index (χ1) is 8.24. The smallest absolute Gasteiger partial charge is 0.119 e. The molecule has 0 amide bonds. The van der Waals surface area contributed by atoms with E-state index in [0.29, 0.717) is 6.61 Å². The highest BCUT2D eigenvalue weighted by Gasteiger charge is 2.40. The van der Waals surface area contributed by atoms with Crippen molar-refractivity contribution in [2.24, 2.45) is 0 Å². The molecule has 1 aliphatic rings. The van der Waals surface area contributed by atoms with E-state index < -0.39 is 0 Å². The number of hydrogen-bond donors (Lipinski definition) is 0. The van der Waals surface area contributed by atoms with Crippen molar-refractivity contribution in [1.82, 2.24) is 0 Å².